The second-order valence-electron chi connectivity index (χ2n) is 12.0. The highest BCUT2D eigenvalue weighted by Gasteiger charge is 2.32. The van der Waals surface area contributed by atoms with E-state index in [0.29, 0.717) is 53.6 Å². The second-order valence-corrected chi connectivity index (χ2v) is 13.7. The lowest BCUT2D eigenvalue weighted by Crippen LogP contribution is -2.31. The molecule has 4 aromatic rings. The van der Waals surface area contributed by atoms with Gasteiger partial charge in [-0.05, 0) is 96.8 Å². The van der Waals surface area contributed by atoms with Crippen LogP contribution in [0.2, 0.25) is 0 Å². The number of aliphatic hydroxyl groups excluding tert-OH is 1. The van der Waals surface area contributed by atoms with Gasteiger partial charge in [-0.25, -0.2) is 13.1 Å². The van der Waals surface area contributed by atoms with Gasteiger partial charge in [0.25, 0.3) is 10.0 Å². The summed E-state index contributed by atoms with van der Waals surface area (Å²) in [5.74, 6) is 0.455. The fourth-order valence-electron chi connectivity index (χ4n) is 6.33. The molecule has 0 bridgehead atoms. The summed E-state index contributed by atoms with van der Waals surface area (Å²) < 4.78 is 78.8. The van der Waals surface area contributed by atoms with Crippen LogP contribution in [-0.2, 0) is 46.8 Å². The van der Waals surface area contributed by atoms with Crippen molar-refractivity contribution in [2.24, 2.45) is 11.8 Å². The summed E-state index contributed by atoms with van der Waals surface area (Å²) >= 11 is 0. The second kappa shape index (κ2) is 13.8. The number of hydrogen-bond donors (Lipinski definition) is 2. The highest BCUT2D eigenvalue weighted by Crippen LogP contribution is 2.39. The zero-order valence-corrected chi connectivity index (χ0v) is 27.1. The molecule has 1 aliphatic rings. The van der Waals surface area contributed by atoms with Gasteiger partial charge in [0.2, 0.25) is 5.91 Å². The SMILES string of the molecule is COc1cc([C@@H](O)[C@H](CC2Cc3ccccc3C2)Cn2ccc(CC(=O)NS(=O)(=O)c3ccc(C(F)(F)F)cc3)c2)cc(OC)c1C. The molecule has 3 aromatic carbocycles. The van der Waals surface area contributed by atoms with Crippen LogP contribution in [0.5, 0.6) is 11.5 Å². The summed E-state index contributed by atoms with van der Waals surface area (Å²) in [6, 6.07) is 16.6. The number of nitrogens with zero attached hydrogens (tertiary/aromatic N) is 1. The Bertz CT molecular complexity index is 1790. The molecule has 2 atom stereocenters. The van der Waals surface area contributed by atoms with Gasteiger partial charge in [-0.3, -0.25) is 4.79 Å². The van der Waals surface area contributed by atoms with Gasteiger partial charge in [-0.15, -0.1) is 0 Å². The molecule has 0 saturated heterocycles. The molecular formula is C35H37F3N2O6S. The first-order valence-corrected chi connectivity index (χ1v) is 16.6. The third-order valence-electron chi connectivity index (χ3n) is 8.70. The minimum Gasteiger partial charge on any atom is -0.496 e. The Labute approximate surface area is 272 Å². The molecule has 1 aromatic heterocycles. The molecule has 1 aliphatic carbocycles. The van der Waals surface area contributed by atoms with Crippen molar-refractivity contribution in [2.75, 3.05) is 14.2 Å². The first-order valence-electron chi connectivity index (χ1n) is 15.1. The van der Waals surface area contributed by atoms with Crippen molar-refractivity contribution in [3.05, 3.63) is 113 Å². The Morgan fingerprint density at radius 3 is 2.15 bits per heavy atom. The molecule has 1 heterocycles. The largest absolute Gasteiger partial charge is 0.496 e. The monoisotopic (exact) mass is 670 g/mol. The fraction of sp³-hybridized carbons (Fsp3) is 0.343. The van der Waals surface area contributed by atoms with E-state index in [-0.39, 0.29) is 12.3 Å². The summed E-state index contributed by atoms with van der Waals surface area (Å²) in [4.78, 5) is 12.2. The van der Waals surface area contributed by atoms with E-state index in [9.17, 15) is 31.5 Å². The molecule has 8 nitrogen and oxygen atoms in total. The Hall–Kier alpha value is -4.29. The number of carbonyl (C=O) groups is 1. The van der Waals surface area contributed by atoms with Gasteiger partial charge in [0.1, 0.15) is 11.5 Å². The molecule has 12 heteroatoms. The Kier molecular flexibility index (Phi) is 10.0. The normalized spacial score (nSPS) is 14.8. The molecule has 1 amide bonds. The van der Waals surface area contributed by atoms with E-state index in [2.05, 4.69) is 12.1 Å². The maximum absolute atomic E-state index is 12.9. The number of aliphatic hydroxyl groups is 1. The van der Waals surface area contributed by atoms with Crippen molar-refractivity contribution in [3.8, 4) is 11.5 Å². The molecule has 0 fully saturated rings. The zero-order valence-electron chi connectivity index (χ0n) is 26.3. The summed E-state index contributed by atoms with van der Waals surface area (Å²) in [6.45, 7) is 2.30. The molecule has 47 heavy (non-hydrogen) atoms. The Morgan fingerprint density at radius 1 is 1.00 bits per heavy atom. The van der Waals surface area contributed by atoms with Gasteiger partial charge in [-0.1, -0.05) is 24.3 Å². The van der Waals surface area contributed by atoms with Gasteiger partial charge in [0.15, 0.2) is 0 Å². The van der Waals surface area contributed by atoms with E-state index >= 15 is 0 Å². The Balaban J connectivity index is 1.31. The summed E-state index contributed by atoms with van der Waals surface area (Å²) in [6.07, 6.45) is 0.268. The number of hydrogen-bond acceptors (Lipinski definition) is 6. The van der Waals surface area contributed by atoms with Crippen LogP contribution >= 0.6 is 0 Å². The number of sulfonamides is 1. The van der Waals surface area contributed by atoms with Crippen LogP contribution < -0.4 is 14.2 Å². The lowest BCUT2D eigenvalue weighted by Gasteiger charge is -2.27. The molecular weight excluding hydrogens is 633 g/mol. The lowest BCUT2D eigenvalue weighted by molar-refractivity contribution is -0.137. The first kappa shape index (κ1) is 34.1. The van der Waals surface area contributed by atoms with Gasteiger partial charge >= 0.3 is 6.18 Å². The summed E-state index contributed by atoms with van der Waals surface area (Å²) in [7, 11) is -1.24. The van der Waals surface area contributed by atoms with Crippen molar-refractivity contribution in [2.45, 2.75) is 56.3 Å². The average Bonchev–Trinajstić information content (AvgIpc) is 3.65. The molecule has 0 radical (unpaired) electrons. The van der Waals surface area contributed by atoms with E-state index < -0.39 is 38.7 Å². The molecule has 0 spiro atoms. The predicted octanol–water partition coefficient (Wildman–Crippen LogP) is 6.04. The van der Waals surface area contributed by atoms with Gasteiger partial charge < -0.3 is 19.1 Å². The standard InChI is InChI=1S/C35H37F3N2O6S/c1-22-31(45-2)18-27(19-32(22)46-3)34(42)28(16-24-14-25-6-4-5-7-26(25)15-24)21-40-13-12-23(20-40)17-33(41)39-47(43,44)30-10-8-29(9-11-30)35(36,37)38/h4-13,18-20,24,28,34,42H,14-17,21H2,1-3H3,(H,39,41)/t28-,34-/m1/s1. The molecule has 0 aliphatic heterocycles. The van der Waals surface area contributed by atoms with Crippen LogP contribution in [0.4, 0.5) is 13.2 Å². The third-order valence-corrected chi connectivity index (χ3v) is 10.1. The maximum Gasteiger partial charge on any atom is 0.416 e. The number of methoxy groups -OCH3 is 2. The summed E-state index contributed by atoms with van der Waals surface area (Å²) in [5, 5.41) is 11.8. The van der Waals surface area contributed by atoms with E-state index in [1.807, 2.05) is 40.5 Å². The first-order chi connectivity index (χ1) is 22.3. The number of carbonyl (C=O) groups excluding carboxylic acids is 1. The van der Waals surface area contributed by atoms with E-state index in [1.54, 1.807) is 32.7 Å². The smallest absolute Gasteiger partial charge is 0.416 e. The van der Waals surface area contributed by atoms with Crippen molar-refractivity contribution in [3.63, 3.8) is 0 Å². The minimum atomic E-state index is -4.62. The number of alkyl halides is 3. The van der Waals surface area contributed by atoms with E-state index in [0.717, 1.165) is 30.5 Å². The minimum absolute atomic E-state index is 0.236. The Morgan fingerprint density at radius 2 is 1.60 bits per heavy atom. The fourth-order valence-corrected chi connectivity index (χ4v) is 7.31. The topological polar surface area (TPSA) is 107 Å². The zero-order chi connectivity index (χ0) is 33.9. The van der Waals surface area contributed by atoms with Crippen LogP contribution in [-0.4, -0.2) is 38.2 Å². The highest BCUT2D eigenvalue weighted by atomic mass is 32.2. The molecule has 2 N–H and O–H groups in total. The molecule has 250 valence electrons. The quantitative estimate of drug-likeness (QED) is 0.191. The highest BCUT2D eigenvalue weighted by molar-refractivity contribution is 7.90. The number of benzene rings is 3. The number of fused-ring (bicyclic) bond motifs is 1. The summed E-state index contributed by atoms with van der Waals surface area (Å²) in [5.41, 5.74) is 3.64. The number of rotatable bonds is 12. The van der Waals surface area contributed by atoms with Crippen LogP contribution in [0.25, 0.3) is 0 Å². The number of aromatic nitrogens is 1. The predicted molar refractivity (Wildman–Crippen MR) is 170 cm³/mol. The van der Waals surface area contributed by atoms with Crippen molar-refractivity contribution >= 4 is 15.9 Å². The van der Waals surface area contributed by atoms with Crippen molar-refractivity contribution in [1.82, 2.24) is 9.29 Å². The van der Waals surface area contributed by atoms with Gasteiger partial charge in [-0.2, -0.15) is 13.2 Å². The average molecular weight is 671 g/mol. The van der Waals surface area contributed by atoms with E-state index in [1.165, 1.54) is 11.1 Å². The van der Waals surface area contributed by atoms with Crippen LogP contribution in [0.1, 0.15) is 45.9 Å². The van der Waals surface area contributed by atoms with Crippen LogP contribution in [0.3, 0.4) is 0 Å². The van der Waals surface area contributed by atoms with E-state index in [4.69, 9.17) is 9.47 Å². The molecule has 0 unspecified atom stereocenters. The number of nitrogens with one attached hydrogen (secondary N) is 1. The van der Waals surface area contributed by atoms with Gasteiger partial charge in [0.05, 0.1) is 37.2 Å². The van der Waals surface area contributed by atoms with Gasteiger partial charge in [0, 0.05) is 30.4 Å². The number of ether oxygens (including phenoxy) is 2. The third kappa shape index (κ3) is 7.99. The van der Waals surface area contributed by atoms with Crippen molar-refractivity contribution < 1.29 is 41.0 Å². The molecule has 0 saturated carbocycles. The number of amides is 1. The maximum atomic E-state index is 12.9. The molecule has 5 rings (SSSR count). The van der Waals surface area contributed by atoms with Crippen molar-refractivity contribution in [1.29, 1.82) is 0 Å². The number of halogens is 3. The van der Waals surface area contributed by atoms with Crippen LogP contribution in [0.15, 0.2) is 84.0 Å². The van der Waals surface area contributed by atoms with Crippen LogP contribution in [0, 0.1) is 18.8 Å². The lowest BCUT2D eigenvalue weighted by atomic mass is 9.85.